The predicted molar refractivity (Wildman–Crippen MR) is 122 cm³/mol. The molecule has 6 nitrogen and oxygen atoms in total. The van der Waals surface area contributed by atoms with E-state index in [2.05, 4.69) is 27.3 Å². The zero-order valence-corrected chi connectivity index (χ0v) is 17.7. The number of hydrogen-bond donors (Lipinski definition) is 2. The maximum Gasteiger partial charge on any atom is 0.323 e. The lowest BCUT2D eigenvalue weighted by Crippen LogP contribution is -2.36. The first kappa shape index (κ1) is 20.0. The number of likely N-dealkylation sites (N-methyl/N-ethyl adjacent to an activating group) is 1. The topological polar surface area (TPSA) is 78.4 Å². The van der Waals surface area contributed by atoms with Gasteiger partial charge in [-0.3, -0.25) is 5.32 Å². The summed E-state index contributed by atoms with van der Waals surface area (Å²) in [5, 5.41) is 14.8. The third kappa shape index (κ3) is 3.91. The van der Waals surface area contributed by atoms with Crippen molar-refractivity contribution >= 4 is 44.7 Å². The van der Waals surface area contributed by atoms with Gasteiger partial charge in [0, 0.05) is 18.0 Å². The summed E-state index contributed by atoms with van der Waals surface area (Å²) in [6.07, 6.45) is 5.32. The van der Waals surface area contributed by atoms with E-state index in [-0.39, 0.29) is 12.6 Å². The van der Waals surface area contributed by atoms with E-state index in [0.29, 0.717) is 10.8 Å². The number of carbonyl (C=O) groups is 1. The van der Waals surface area contributed by atoms with Crippen LogP contribution in [-0.2, 0) is 0 Å². The van der Waals surface area contributed by atoms with E-state index in [1.54, 1.807) is 23.8 Å². The van der Waals surface area contributed by atoms with Crippen molar-refractivity contribution in [3.63, 3.8) is 0 Å². The van der Waals surface area contributed by atoms with Crippen molar-refractivity contribution in [2.24, 2.45) is 0 Å². The Morgan fingerprint density at radius 2 is 2.07 bits per heavy atom. The van der Waals surface area contributed by atoms with Crippen LogP contribution in [0.4, 0.5) is 10.6 Å². The Hall–Kier alpha value is -3.25. The summed E-state index contributed by atoms with van der Waals surface area (Å²) in [6, 6.07) is 13.0. The summed E-state index contributed by atoms with van der Waals surface area (Å²) in [6.45, 7) is -0.208. The van der Waals surface area contributed by atoms with Gasteiger partial charge in [0.1, 0.15) is 5.82 Å². The first-order valence-corrected chi connectivity index (χ1v) is 10.9. The third-order valence-electron chi connectivity index (χ3n) is 4.79. The van der Waals surface area contributed by atoms with Gasteiger partial charge in [-0.25, -0.2) is 14.8 Å². The molecule has 0 bridgehead atoms. The number of anilines is 1. The van der Waals surface area contributed by atoms with Crippen molar-refractivity contribution in [2.45, 2.75) is 6.04 Å². The number of nitrogens with one attached hydrogen (secondary N) is 1. The highest BCUT2D eigenvalue weighted by molar-refractivity contribution is 7.17. The Balaban J connectivity index is 1.53. The Morgan fingerprint density at radius 3 is 2.77 bits per heavy atom. The molecule has 8 heteroatoms. The maximum atomic E-state index is 12.6. The number of aliphatic hydroxyl groups is 1. The summed E-state index contributed by atoms with van der Waals surface area (Å²) < 4.78 is 1.13. The van der Waals surface area contributed by atoms with Crippen LogP contribution < -0.4 is 5.32 Å². The second-order valence-corrected chi connectivity index (χ2v) is 8.26. The highest BCUT2D eigenvalue weighted by Gasteiger charge is 2.22. The molecule has 0 saturated heterocycles. The quantitative estimate of drug-likeness (QED) is 0.450. The summed E-state index contributed by atoms with van der Waals surface area (Å²) in [5.74, 6) is 2.83. The summed E-state index contributed by atoms with van der Waals surface area (Å²) >= 11 is 2.89. The van der Waals surface area contributed by atoms with E-state index in [1.807, 2.05) is 41.9 Å². The number of terminal acetylenes is 1. The standard InChI is InChI=1S/C22H18N4O2S2/c1-3-20-24-19(12-29-20)25-22(28)26(2)18(11-27)15-9-7-14(8-10-15)16-5-4-6-17-21(16)30-13-23-17/h1,4-10,12-13,18,27H,11H2,2H3,(H,25,28). The van der Waals surface area contributed by atoms with Crippen LogP contribution in [0.2, 0.25) is 0 Å². The zero-order valence-electron chi connectivity index (χ0n) is 16.1. The highest BCUT2D eigenvalue weighted by Crippen LogP contribution is 2.32. The molecule has 2 aromatic heterocycles. The molecule has 30 heavy (non-hydrogen) atoms. The number of rotatable bonds is 5. The molecule has 150 valence electrons. The van der Waals surface area contributed by atoms with Gasteiger partial charge < -0.3 is 10.0 Å². The fraction of sp³-hybridized carbons (Fsp3) is 0.136. The number of carbonyl (C=O) groups excluding carboxylic acids is 1. The first-order chi connectivity index (χ1) is 14.6. The molecule has 0 radical (unpaired) electrons. The number of hydrogen-bond acceptors (Lipinski definition) is 6. The molecule has 1 atom stereocenters. The summed E-state index contributed by atoms with van der Waals surface area (Å²) in [5.41, 5.74) is 5.81. The lowest BCUT2D eigenvalue weighted by molar-refractivity contribution is 0.159. The molecule has 0 aliphatic carbocycles. The van der Waals surface area contributed by atoms with Crippen LogP contribution >= 0.6 is 22.7 Å². The summed E-state index contributed by atoms with van der Waals surface area (Å²) in [4.78, 5) is 22.6. The van der Waals surface area contributed by atoms with Gasteiger partial charge in [0.05, 0.1) is 28.4 Å². The number of aliphatic hydroxyl groups excluding tert-OH is 1. The first-order valence-electron chi connectivity index (χ1n) is 9.10. The van der Waals surface area contributed by atoms with Crippen LogP contribution in [0.1, 0.15) is 16.6 Å². The van der Waals surface area contributed by atoms with Crippen molar-refractivity contribution in [1.29, 1.82) is 0 Å². The average molecular weight is 435 g/mol. The summed E-state index contributed by atoms with van der Waals surface area (Å²) in [7, 11) is 1.64. The van der Waals surface area contributed by atoms with Crippen molar-refractivity contribution < 1.29 is 9.90 Å². The second-order valence-electron chi connectivity index (χ2n) is 6.55. The van der Waals surface area contributed by atoms with Crippen LogP contribution in [0.3, 0.4) is 0 Å². The van der Waals surface area contributed by atoms with E-state index in [0.717, 1.165) is 26.9 Å². The molecule has 4 rings (SSSR count). The molecule has 0 aliphatic rings. The number of urea groups is 1. The second kappa shape index (κ2) is 8.63. The Morgan fingerprint density at radius 1 is 1.27 bits per heavy atom. The van der Waals surface area contributed by atoms with Crippen LogP contribution in [0.5, 0.6) is 0 Å². The lowest BCUT2D eigenvalue weighted by Gasteiger charge is -2.27. The number of nitrogens with zero attached hydrogens (tertiary/aromatic N) is 3. The molecule has 0 fully saturated rings. The van der Waals surface area contributed by atoms with Gasteiger partial charge in [0.2, 0.25) is 0 Å². The van der Waals surface area contributed by atoms with Gasteiger partial charge in [0.25, 0.3) is 0 Å². The van der Waals surface area contributed by atoms with E-state index in [9.17, 15) is 9.90 Å². The Labute approximate surface area is 181 Å². The molecule has 2 amide bonds. The minimum Gasteiger partial charge on any atom is -0.394 e. The van der Waals surface area contributed by atoms with Crippen molar-refractivity contribution in [1.82, 2.24) is 14.9 Å². The lowest BCUT2D eigenvalue weighted by atomic mass is 10.00. The van der Waals surface area contributed by atoms with Crippen LogP contribution in [0.25, 0.3) is 21.3 Å². The fourth-order valence-corrected chi connectivity index (χ4v) is 4.57. The molecule has 0 saturated carbocycles. The molecule has 2 heterocycles. The monoisotopic (exact) mass is 434 g/mol. The van der Waals surface area contributed by atoms with Crippen LogP contribution in [0.15, 0.2) is 53.4 Å². The normalized spacial score (nSPS) is 11.8. The third-order valence-corrected chi connectivity index (χ3v) is 6.44. The SMILES string of the molecule is C#Cc1nc(NC(=O)N(C)C(CO)c2ccc(-c3cccc4ncsc34)cc2)cs1. The number of benzene rings is 2. The molecule has 2 aromatic carbocycles. The number of amides is 2. The van der Waals surface area contributed by atoms with E-state index in [1.165, 1.54) is 16.2 Å². The number of aromatic nitrogens is 2. The number of thiazole rings is 2. The predicted octanol–water partition coefficient (Wildman–Crippen LogP) is 4.60. The van der Waals surface area contributed by atoms with Gasteiger partial charge in [-0.1, -0.05) is 36.4 Å². The minimum atomic E-state index is -0.496. The molecule has 0 aliphatic heterocycles. The number of fused-ring (bicyclic) bond motifs is 1. The molecule has 2 N–H and O–H groups in total. The van der Waals surface area contributed by atoms with E-state index >= 15 is 0 Å². The van der Waals surface area contributed by atoms with Gasteiger partial charge in [0.15, 0.2) is 5.01 Å². The fourth-order valence-electron chi connectivity index (χ4n) is 3.19. The van der Waals surface area contributed by atoms with Crippen molar-refractivity contribution in [3.05, 3.63) is 63.9 Å². The van der Waals surface area contributed by atoms with Crippen LogP contribution in [-0.4, -0.2) is 39.7 Å². The molecular weight excluding hydrogens is 416 g/mol. The van der Waals surface area contributed by atoms with Crippen molar-refractivity contribution in [3.8, 4) is 23.5 Å². The largest absolute Gasteiger partial charge is 0.394 e. The Kier molecular flexibility index (Phi) is 5.77. The molecule has 1 unspecified atom stereocenters. The maximum absolute atomic E-state index is 12.6. The van der Waals surface area contributed by atoms with Crippen molar-refractivity contribution in [2.75, 3.05) is 19.0 Å². The van der Waals surface area contributed by atoms with Gasteiger partial charge in [-0.15, -0.1) is 29.1 Å². The molecular formula is C22H18N4O2S2. The van der Waals surface area contributed by atoms with Gasteiger partial charge >= 0.3 is 6.03 Å². The smallest absolute Gasteiger partial charge is 0.323 e. The van der Waals surface area contributed by atoms with Gasteiger partial charge in [-0.05, 0) is 23.1 Å². The minimum absolute atomic E-state index is 0.208. The van der Waals surface area contributed by atoms with Gasteiger partial charge in [-0.2, -0.15) is 0 Å². The van der Waals surface area contributed by atoms with E-state index < -0.39 is 6.04 Å². The Bertz CT molecular complexity index is 1220. The average Bonchev–Trinajstić information content (AvgIpc) is 3.43. The molecule has 4 aromatic rings. The van der Waals surface area contributed by atoms with E-state index in [4.69, 9.17) is 6.42 Å². The zero-order chi connectivity index (χ0) is 21.1. The molecule has 0 spiro atoms. The van der Waals surface area contributed by atoms with Crippen LogP contribution in [0, 0.1) is 12.3 Å². The highest BCUT2D eigenvalue weighted by atomic mass is 32.1.